The topological polar surface area (TPSA) is 76.8 Å². The van der Waals surface area contributed by atoms with E-state index in [9.17, 15) is 13.2 Å². The number of guanidine groups is 1. The average Bonchev–Trinajstić information content (AvgIpc) is 2.47. The van der Waals surface area contributed by atoms with Gasteiger partial charge in [-0.05, 0) is 28.8 Å². The van der Waals surface area contributed by atoms with Crippen LogP contribution in [0.2, 0.25) is 0 Å². The van der Waals surface area contributed by atoms with Crippen LogP contribution < -0.4 is 11.5 Å². The third-order valence-electron chi connectivity index (χ3n) is 2.84. The van der Waals surface area contributed by atoms with Gasteiger partial charge in [0.1, 0.15) is 0 Å². The second-order valence-electron chi connectivity index (χ2n) is 4.47. The van der Waals surface area contributed by atoms with Crippen LogP contribution in [0, 0.1) is 0 Å². The SMILES string of the molecule is NC(N)=NN=Cc1ccc(-c2ccc(C(F)(F)F)cc2)cc1. The van der Waals surface area contributed by atoms with E-state index < -0.39 is 11.7 Å². The van der Waals surface area contributed by atoms with Gasteiger partial charge < -0.3 is 11.5 Å². The minimum Gasteiger partial charge on any atom is -0.369 e. The highest BCUT2D eigenvalue weighted by molar-refractivity contribution is 5.82. The summed E-state index contributed by atoms with van der Waals surface area (Å²) in [5.74, 6) is -0.141. The molecule has 0 aliphatic carbocycles. The maximum atomic E-state index is 12.5. The van der Waals surface area contributed by atoms with Crippen LogP contribution in [0.15, 0.2) is 58.7 Å². The lowest BCUT2D eigenvalue weighted by Crippen LogP contribution is -2.21. The first-order valence-corrected chi connectivity index (χ1v) is 6.26. The quantitative estimate of drug-likeness (QED) is 0.519. The third-order valence-corrected chi connectivity index (χ3v) is 2.84. The third kappa shape index (κ3) is 4.08. The van der Waals surface area contributed by atoms with Crippen molar-refractivity contribution in [3.05, 3.63) is 59.7 Å². The van der Waals surface area contributed by atoms with Crippen molar-refractivity contribution in [2.75, 3.05) is 0 Å². The molecule has 2 aromatic rings. The Morgan fingerprint density at radius 1 is 0.864 bits per heavy atom. The van der Waals surface area contributed by atoms with Crippen LogP contribution in [0.4, 0.5) is 13.2 Å². The van der Waals surface area contributed by atoms with E-state index in [0.29, 0.717) is 5.56 Å². The van der Waals surface area contributed by atoms with E-state index in [1.54, 1.807) is 24.3 Å². The van der Waals surface area contributed by atoms with E-state index in [2.05, 4.69) is 10.2 Å². The van der Waals surface area contributed by atoms with Crippen LogP contribution >= 0.6 is 0 Å². The molecule has 0 saturated heterocycles. The highest BCUT2D eigenvalue weighted by Gasteiger charge is 2.29. The number of hydrogen-bond acceptors (Lipinski definition) is 2. The van der Waals surface area contributed by atoms with Crippen molar-refractivity contribution in [3.8, 4) is 11.1 Å². The maximum absolute atomic E-state index is 12.5. The molecule has 4 nitrogen and oxygen atoms in total. The number of hydrogen-bond donors (Lipinski definition) is 2. The predicted molar refractivity (Wildman–Crippen MR) is 80.3 cm³/mol. The molecular formula is C15H13F3N4. The van der Waals surface area contributed by atoms with Crippen molar-refractivity contribution in [1.29, 1.82) is 0 Å². The Balaban J connectivity index is 2.17. The summed E-state index contributed by atoms with van der Waals surface area (Å²) >= 11 is 0. The zero-order valence-electron chi connectivity index (χ0n) is 11.4. The molecule has 114 valence electrons. The van der Waals surface area contributed by atoms with Gasteiger partial charge in [-0.15, -0.1) is 5.10 Å². The van der Waals surface area contributed by atoms with Crippen molar-refractivity contribution in [3.63, 3.8) is 0 Å². The number of nitrogens with two attached hydrogens (primary N) is 2. The van der Waals surface area contributed by atoms with E-state index in [4.69, 9.17) is 11.5 Å². The second-order valence-corrected chi connectivity index (χ2v) is 4.47. The largest absolute Gasteiger partial charge is 0.416 e. The number of rotatable bonds is 3. The number of benzene rings is 2. The Hall–Kier alpha value is -2.83. The fourth-order valence-corrected chi connectivity index (χ4v) is 1.78. The van der Waals surface area contributed by atoms with Crippen LogP contribution in [0.5, 0.6) is 0 Å². The summed E-state index contributed by atoms with van der Waals surface area (Å²) in [7, 11) is 0. The van der Waals surface area contributed by atoms with E-state index >= 15 is 0 Å². The molecule has 0 aromatic heterocycles. The fourth-order valence-electron chi connectivity index (χ4n) is 1.78. The van der Waals surface area contributed by atoms with Gasteiger partial charge >= 0.3 is 6.18 Å². The Morgan fingerprint density at radius 3 is 1.82 bits per heavy atom. The average molecular weight is 306 g/mol. The standard InChI is InChI=1S/C15H13F3N4/c16-15(17,18)13-7-5-12(6-8-13)11-3-1-10(2-4-11)9-21-22-14(19)20/h1-9H,(H4,19,20,22). The molecule has 0 amide bonds. The van der Waals surface area contributed by atoms with Gasteiger partial charge in [0.2, 0.25) is 5.96 Å². The Kier molecular flexibility index (Phi) is 4.45. The molecule has 0 unspecified atom stereocenters. The van der Waals surface area contributed by atoms with Gasteiger partial charge in [-0.25, -0.2) is 0 Å². The minimum atomic E-state index is -4.33. The molecule has 0 radical (unpaired) electrons. The first-order valence-electron chi connectivity index (χ1n) is 6.26. The lowest BCUT2D eigenvalue weighted by molar-refractivity contribution is -0.137. The molecule has 0 spiro atoms. The van der Waals surface area contributed by atoms with Crippen LogP contribution in [0.25, 0.3) is 11.1 Å². The zero-order valence-corrected chi connectivity index (χ0v) is 11.4. The van der Waals surface area contributed by atoms with Gasteiger partial charge in [-0.1, -0.05) is 36.4 Å². The van der Waals surface area contributed by atoms with Gasteiger partial charge in [0.25, 0.3) is 0 Å². The summed E-state index contributed by atoms with van der Waals surface area (Å²) in [6.07, 6.45) is -2.86. The van der Waals surface area contributed by atoms with Gasteiger partial charge in [-0.2, -0.15) is 18.3 Å². The summed E-state index contributed by atoms with van der Waals surface area (Å²) in [6.45, 7) is 0. The van der Waals surface area contributed by atoms with Gasteiger partial charge in [-0.3, -0.25) is 0 Å². The van der Waals surface area contributed by atoms with Crippen molar-refractivity contribution < 1.29 is 13.2 Å². The minimum absolute atomic E-state index is 0.141. The molecule has 0 aliphatic rings. The van der Waals surface area contributed by atoms with E-state index in [1.165, 1.54) is 18.3 Å². The summed E-state index contributed by atoms with van der Waals surface area (Å²) in [5, 5.41) is 7.14. The zero-order chi connectivity index (χ0) is 16.2. The Morgan fingerprint density at radius 2 is 1.36 bits per heavy atom. The summed E-state index contributed by atoms with van der Waals surface area (Å²) in [6, 6.07) is 12.1. The first-order chi connectivity index (χ1) is 10.4. The maximum Gasteiger partial charge on any atom is 0.416 e. The lowest BCUT2D eigenvalue weighted by atomic mass is 10.0. The predicted octanol–water partition coefficient (Wildman–Crippen LogP) is 2.98. The number of alkyl halides is 3. The van der Waals surface area contributed by atoms with Crippen molar-refractivity contribution in [1.82, 2.24) is 0 Å². The lowest BCUT2D eigenvalue weighted by Gasteiger charge is -2.07. The molecule has 4 N–H and O–H groups in total. The Bertz CT molecular complexity index is 682. The number of halogens is 3. The molecule has 0 atom stereocenters. The van der Waals surface area contributed by atoms with Crippen molar-refractivity contribution in [2.24, 2.45) is 21.7 Å². The van der Waals surface area contributed by atoms with Crippen molar-refractivity contribution in [2.45, 2.75) is 6.18 Å². The molecule has 22 heavy (non-hydrogen) atoms. The second kappa shape index (κ2) is 6.30. The first kappa shape index (κ1) is 15.6. The van der Waals surface area contributed by atoms with Gasteiger partial charge in [0.15, 0.2) is 0 Å². The Labute approximate surface area is 125 Å². The summed E-state index contributed by atoms with van der Waals surface area (Å²) < 4.78 is 37.5. The fraction of sp³-hybridized carbons (Fsp3) is 0.0667. The summed E-state index contributed by atoms with van der Waals surface area (Å²) in [5.41, 5.74) is 11.9. The van der Waals surface area contributed by atoms with Gasteiger partial charge in [0.05, 0.1) is 11.8 Å². The molecular weight excluding hydrogens is 293 g/mol. The van der Waals surface area contributed by atoms with E-state index in [-0.39, 0.29) is 5.96 Å². The molecule has 7 heteroatoms. The molecule has 0 fully saturated rings. The van der Waals surface area contributed by atoms with E-state index in [1.807, 2.05) is 0 Å². The molecule has 0 saturated carbocycles. The highest BCUT2D eigenvalue weighted by atomic mass is 19.4. The van der Waals surface area contributed by atoms with Crippen LogP contribution in [-0.4, -0.2) is 12.2 Å². The van der Waals surface area contributed by atoms with Crippen LogP contribution in [-0.2, 0) is 6.18 Å². The number of nitrogens with zero attached hydrogens (tertiary/aromatic N) is 2. The summed E-state index contributed by atoms with van der Waals surface area (Å²) in [4.78, 5) is 0. The van der Waals surface area contributed by atoms with Crippen molar-refractivity contribution >= 4 is 12.2 Å². The molecule has 0 bridgehead atoms. The van der Waals surface area contributed by atoms with Crippen LogP contribution in [0.3, 0.4) is 0 Å². The molecule has 2 rings (SSSR count). The highest BCUT2D eigenvalue weighted by Crippen LogP contribution is 2.30. The van der Waals surface area contributed by atoms with E-state index in [0.717, 1.165) is 23.3 Å². The monoisotopic (exact) mass is 306 g/mol. The smallest absolute Gasteiger partial charge is 0.369 e. The molecule has 0 heterocycles. The normalized spacial score (nSPS) is 11.6. The van der Waals surface area contributed by atoms with Crippen LogP contribution in [0.1, 0.15) is 11.1 Å². The molecule has 2 aromatic carbocycles. The molecule has 0 aliphatic heterocycles. The van der Waals surface area contributed by atoms with Gasteiger partial charge in [0, 0.05) is 0 Å².